The van der Waals surface area contributed by atoms with Gasteiger partial charge in [0, 0.05) is 18.3 Å². The van der Waals surface area contributed by atoms with Crippen molar-refractivity contribution in [2.45, 2.75) is 32.7 Å². The summed E-state index contributed by atoms with van der Waals surface area (Å²) in [6.45, 7) is 4.45. The highest BCUT2D eigenvalue weighted by Gasteiger charge is 2.22. The average molecular weight is 439 g/mol. The molecule has 2 N–H and O–H groups in total. The highest BCUT2D eigenvalue weighted by Crippen LogP contribution is 2.32. The molecular formula is C23H25N3O6. The summed E-state index contributed by atoms with van der Waals surface area (Å²) < 4.78 is 22.8. The summed E-state index contributed by atoms with van der Waals surface area (Å²) in [5.74, 6) is 3.11. The first-order valence-corrected chi connectivity index (χ1v) is 10.4. The van der Waals surface area contributed by atoms with Gasteiger partial charge in [-0.1, -0.05) is 6.07 Å². The van der Waals surface area contributed by atoms with Crippen molar-refractivity contribution in [2.24, 2.45) is 5.92 Å². The lowest BCUT2D eigenvalue weighted by Crippen LogP contribution is -2.35. The summed E-state index contributed by atoms with van der Waals surface area (Å²) in [7, 11) is 0. The van der Waals surface area contributed by atoms with Crippen molar-refractivity contribution in [1.82, 2.24) is 15.3 Å². The molecule has 0 radical (unpaired) electrons. The molecule has 1 fully saturated rings. The van der Waals surface area contributed by atoms with Gasteiger partial charge in [0.2, 0.25) is 11.8 Å². The van der Waals surface area contributed by atoms with Crippen molar-refractivity contribution in [3.8, 4) is 34.8 Å². The Morgan fingerprint density at radius 2 is 2.03 bits per heavy atom. The number of hydrogen-bond acceptors (Lipinski definition) is 7. The quantitative estimate of drug-likeness (QED) is 0.468. The van der Waals surface area contributed by atoms with E-state index < -0.39 is 12.1 Å². The topological polar surface area (TPSA) is 116 Å². The fourth-order valence-electron chi connectivity index (χ4n) is 2.97. The Hall–Kier alpha value is -3.75. The van der Waals surface area contributed by atoms with Gasteiger partial charge in [0.1, 0.15) is 24.3 Å². The Balaban J connectivity index is 1.37. The number of nitrogens with zero attached hydrogens (tertiary/aromatic N) is 2. The lowest BCUT2D eigenvalue weighted by molar-refractivity contribution is 0.176. The summed E-state index contributed by atoms with van der Waals surface area (Å²) in [6, 6.07) is 8.92. The lowest BCUT2D eigenvalue weighted by Gasteiger charge is -2.10. The lowest BCUT2D eigenvalue weighted by atomic mass is 10.1. The largest absolute Gasteiger partial charge is 0.493 e. The van der Waals surface area contributed by atoms with E-state index in [1.807, 2.05) is 31.2 Å². The van der Waals surface area contributed by atoms with Crippen molar-refractivity contribution in [3.63, 3.8) is 0 Å². The highest BCUT2D eigenvalue weighted by molar-refractivity contribution is 5.64. The molecule has 1 atom stereocenters. The number of carbonyl (C=O) groups is 1. The minimum atomic E-state index is -1.11. The molecule has 2 heterocycles. The molecule has 9 nitrogen and oxygen atoms in total. The van der Waals surface area contributed by atoms with Crippen LogP contribution < -0.4 is 19.5 Å². The molecule has 0 aliphatic heterocycles. The van der Waals surface area contributed by atoms with E-state index in [9.17, 15) is 4.79 Å². The predicted molar refractivity (Wildman–Crippen MR) is 115 cm³/mol. The van der Waals surface area contributed by atoms with E-state index in [0.29, 0.717) is 29.0 Å². The van der Waals surface area contributed by atoms with Gasteiger partial charge in [-0.15, -0.1) is 0 Å². The first-order valence-electron chi connectivity index (χ1n) is 10.4. The van der Waals surface area contributed by atoms with Crippen molar-refractivity contribution in [2.75, 3.05) is 13.2 Å². The van der Waals surface area contributed by atoms with E-state index in [2.05, 4.69) is 15.3 Å². The second-order valence-corrected chi connectivity index (χ2v) is 7.81. The Bertz CT molecular complexity index is 1080. The number of hydrogen-bond donors (Lipinski definition) is 2. The number of pyridine rings is 1. The van der Waals surface area contributed by atoms with Gasteiger partial charge in [-0.25, -0.2) is 14.8 Å². The van der Waals surface area contributed by atoms with Gasteiger partial charge in [0.05, 0.1) is 18.2 Å². The molecule has 0 spiro atoms. The zero-order valence-corrected chi connectivity index (χ0v) is 17.9. The Morgan fingerprint density at radius 3 is 2.78 bits per heavy atom. The molecule has 3 aromatic rings. The van der Waals surface area contributed by atoms with E-state index in [1.165, 1.54) is 19.0 Å². The number of rotatable bonds is 10. The molecule has 4 rings (SSSR count). The van der Waals surface area contributed by atoms with Gasteiger partial charge in [-0.2, -0.15) is 0 Å². The highest BCUT2D eigenvalue weighted by atomic mass is 16.6. The van der Waals surface area contributed by atoms with Crippen LogP contribution in [0.2, 0.25) is 0 Å². The molecule has 9 heteroatoms. The van der Waals surface area contributed by atoms with Crippen molar-refractivity contribution < 1.29 is 28.5 Å². The molecule has 0 unspecified atom stereocenters. The van der Waals surface area contributed by atoms with Crippen LogP contribution in [0.4, 0.5) is 4.79 Å². The minimum absolute atomic E-state index is 0.119. The fourth-order valence-corrected chi connectivity index (χ4v) is 2.97. The van der Waals surface area contributed by atoms with Crippen LogP contribution in [0, 0.1) is 12.8 Å². The SMILES string of the molecule is Cc1cc(Oc2cccc(OCC3CC3)c2)ncc1-c1ncc(OC[C@H](C)NC(=O)O)o1. The van der Waals surface area contributed by atoms with Crippen molar-refractivity contribution in [3.05, 3.63) is 48.3 Å². The summed E-state index contributed by atoms with van der Waals surface area (Å²) in [4.78, 5) is 19.2. The van der Waals surface area contributed by atoms with Crippen LogP contribution in [0.1, 0.15) is 25.3 Å². The van der Waals surface area contributed by atoms with Crippen molar-refractivity contribution in [1.29, 1.82) is 0 Å². The van der Waals surface area contributed by atoms with E-state index in [0.717, 1.165) is 17.9 Å². The second-order valence-electron chi connectivity index (χ2n) is 7.81. The Labute approximate surface area is 185 Å². The van der Waals surface area contributed by atoms with E-state index in [1.54, 1.807) is 19.2 Å². The third-order valence-corrected chi connectivity index (χ3v) is 4.86. The Morgan fingerprint density at radius 1 is 1.22 bits per heavy atom. The van der Waals surface area contributed by atoms with Gasteiger partial charge < -0.3 is 29.1 Å². The molecule has 1 aliphatic carbocycles. The number of aryl methyl sites for hydroxylation is 1. The monoisotopic (exact) mass is 439 g/mol. The smallest absolute Gasteiger partial charge is 0.404 e. The maximum atomic E-state index is 10.6. The summed E-state index contributed by atoms with van der Waals surface area (Å²) >= 11 is 0. The molecule has 1 aromatic carbocycles. The molecule has 0 saturated heterocycles. The van der Waals surface area contributed by atoms with Gasteiger partial charge in [-0.05, 0) is 50.3 Å². The molecule has 1 amide bonds. The minimum Gasteiger partial charge on any atom is -0.493 e. The second kappa shape index (κ2) is 9.59. The average Bonchev–Trinajstić information content (AvgIpc) is 3.47. The number of benzene rings is 1. The van der Waals surface area contributed by atoms with Crippen LogP contribution in [-0.2, 0) is 0 Å². The fraction of sp³-hybridized carbons (Fsp3) is 0.348. The zero-order valence-electron chi connectivity index (χ0n) is 17.9. The van der Waals surface area contributed by atoms with E-state index in [-0.39, 0.29) is 12.6 Å². The molecule has 32 heavy (non-hydrogen) atoms. The molecule has 168 valence electrons. The predicted octanol–water partition coefficient (Wildman–Crippen LogP) is 4.66. The van der Waals surface area contributed by atoms with Gasteiger partial charge in [0.25, 0.3) is 0 Å². The summed E-state index contributed by atoms with van der Waals surface area (Å²) in [5, 5.41) is 11.0. The van der Waals surface area contributed by atoms with Gasteiger partial charge in [-0.3, -0.25) is 0 Å². The summed E-state index contributed by atoms with van der Waals surface area (Å²) in [6.07, 6.45) is 4.44. The van der Waals surface area contributed by atoms with Crippen LogP contribution in [0.25, 0.3) is 11.5 Å². The van der Waals surface area contributed by atoms with Crippen molar-refractivity contribution >= 4 is 6.09 Å². The van der Waals surface area contributed by atoms with E-state index >= 15 is 0 Å². The molecule has 1 saturated carbocycles. The normalized spacial score (nSPS) is 13.9. The number of aromatic nitrogens is 2. The molecule has 1 aliphatic rings. The standard InChI is InChI=1S/C23H25N3O6/c1-14-8-20(31-18-5-3-4-17(9-18)29-13-16-6-7-16)24-10-19(14)22-25-11-21(32-22)30-12-15(2)26-23(27)28/h3-5,8-11,15-16,26H,6-7,12-13H2,1-2H3,(H,27,28)/t15-/m0/s1. The maximum absolute atomic E-state index is 10.6. The molecule has 2 aromatic heterocycles. The van der Waals surface area contributed by atoms with Crippen LogP contribution in [0.15, 0.2) is 47.1 Å². The van der Waals surface area contributed by atoms with Crippen LogP contribution in [-0.4, -0.2) is 40.4 Å². The van der Waals surface area contributed by atoms with Crippen LogP contribution in [0.3, 0.4) is 0 Å². The molecular weight excluding hydrogens is 414 g/mol. The van der Waals surface area contributed by atoms with Gasteiger partial charge >= 0.3 is 12.0 Å². The third-order valence-electron chi connectivity index (χ3n) is 4.86. The van der Waals surface area contributed by atoms with Gasteiger partial charge in [0.15, 0.2) is 0 Å². The number of ether oxygens (including phenoxy) is 3. The first-order chi connectivity index (χ1) is 15.5. The number of nitrogens with one attached hydrogen (secondary N) is 1. The molecule has 0 bridgehead atoms. The number of carboxylic acid groups (broad SMARTS) is 1. The summed E-state index contributed by atoms with van der Waals surface area (Å²) in [5.41, 5.74) is 1.57. The van der Waals surface area contributed by atoms with Crippen LogP contribution >= 0.6 is 0 Å². The Kier molecular flexibility index (Phi) is 6.44. The van der Waals surface area contributed by atoms with Crippen LogP contribution in [0.5, 0.6) is 23.3 Å². The zero-order chi connectivity index (χ0) is 22.5. The number of amides is 1. The maximum Gasteiger partial charge on any atom is 0.404 e. The third kappa shape index (κ3) is 5.90. The first kappa shape index (κ1) is 21.5. The number of oxazole rings is 1. The van der Waals surface area contributed by atoms with E-state index in [4.69, 9.17) is 23.7 Å².